The topological polar surface area (TPSA) is 52.1 Å². The Morgan fingerprint density at radius 3 is 2.43 bits per heavy atom. The molecule has 2 aromatic rings. The van der Waals surface area contributed by atoms with Crippen LogP contribution in [0.25, 0.3) is 11.3 Å². The lowest BCUT2D eigenvalue weighted by molar-refractivity contribution is 0.111. The van der Waals surface area contributed by atoms with Crippen LogP contribution in [0.4, 0.5) is 0 Å². The van der Waals surface area contributed by atoms with Crippen molar-refractivity contribution in [3.8, 4) is 17.0 Å². The van der Waals surface area contributed by atoms with Crippen LogP contribution in [-0.4, -0.2) is 23.1 Å². The van der Waals surface area contributed by atoms with Gasteiger partial charge in [0.15, 0.2) is 6.29 Å². The van der Waals surface area contributed by atoms with Crippen LogP contribution < -0.4 is 4.74 Å². The van der Waals surface area contributed by atoms with E-state index < -0.39 is 0 Å². The quantitative estimate of drug-likeness (QED) is 0.544. The van der Waals surface area contributed by atoms with Gasteiger partial charge in [-0.2, -0.15) is 0 Å². The highest BCUT2D eigenvalue weighted by molar-refractivity contribution is 5.72. The van der Waals surface area contributed by atoms with Gasteiger partial charge in [0.05, 0.1) is 12.3 Å². The Kier molecular flexibility index (Phi) is 5.88. The van der Waals surface area contributed by atoms with Gasteiger partial charge < -0.3 is 4.74 Å². The predicted octanol–water partition coefficient (Wildman–Crippen LogP) is 3.92. The van der Waals surface area contributed by atoms with Crippen molar-refractivity contribution < 1.29 is 9.53 Å². The molecule has 2 rings (SSSR count). The Morgan fingerprint density at radius 2 is 1.81 bits per heavy atom. The third kappa shape index (κ3) is 4.67. The van der Waals surface area contributed by atoms with Gasteiger partial charge in [0.25, 0.3) is 0 Å². The Balaban J connectivity index is 1.90. The highest BCUT2D eigenvalue weighted by Gasteiger charge is 2.01. The van der Waals surface area contributed by atoms with Crippen molar-refractivity contribution in [3.63, 3.8) is 0 Å². The summed E-state index contributed by atoms with van der Waals surface area (Å²) >= 11 is 0. The molecule has 0 bridgehead atoms. The van der Waals surface area contributed by atoms with Gasteiger partial charge in [-0.05, 0) is 42.8 Å². The number of benzene rings is 1. The molecule has 0 saturated carbocycles. The lowest BCUT2D eigenvalue weighted by Gasteiger charge is -2.07. The Bertz CT molecular complexity index is 550. The van der Waals surface area contributed by atoms with E-state index in [1.807, 2.05) is 24.3 Å². The second-order valence-electron chi connectivity index (χ2n) is 4.89. The van der Waals surface area contributed by atoms with E-state index in [0.29, 0.717) is 12.0 Å². The molecule has 0 spiro atoms. The summed E-state index contributed by atoms with van der Waals surface area (Å²) in [5.74, 6) is 0.868. The van der Waals surface area contributed by atoms with Crippen LogP contribution in [0, 0.1) is 0 Å². The van der Waals surface area contributed by atoms with Crippen LogP contribution in [0.1, 0.15) is 43.1 Å². The molecule has 1 aromatic carbocycles. The van der Waals surface area contributed by atoms with Gasteiger partial charge in [-0.3, -0.25) is 4.79 Å². The fraction of sp³-hybridized carbons (Fsp3) is 0.353. The maximum atomic E-state index is 10.5. The SMILES string of the molecule is CCCCCCOc1ccc(-c2ccc(C=O)nn2)cc1. The second kappa shape index (κ2) is 8.15. The summed E-state index contributed by atoms with van der Waals surface area (Å²) in [6.45, 7) is 2.96. The molecule has 4 heteroatoms. The first-order valence-electron chi connectivity index (χ1n) is 7.35. The minimum atomic E-state index is 0.339. The molecule has 0 saturated heterocycles. The highest BCUT2D eigenvalue weighted by Crippen LogP contribution is 2.20. The van der Waals surface area contributed by atoms with Crippen LogP contribution in [0.15, 0.2) is 36.4 Å². The number of aldehydes is 1. The van der Waals surface area contributed by atoms with Gasteiger partial charge in [-0.15, -0.1) is 10.2 Å². The number of unbranched alkanes of at least 4 members (excludes halogenated alkanes) is 3. The van der Waals surface area contributed by atoms with Crippen LogP contribution in [0.3, 0.4) is 0 Å². The number of ether oxygens (including phenoxy) is 1. The van der Waals surface area contributed by atoms with Gasteiger partial charge in [0.2, 0.25) is 0 Å². The zero-order chi connectivity index (χ0) is 14.9. The Morgan fingerprint density at radius 1 is 1.00 bits per heavy atom. The Labute approximate surface area is 125 Å². The van der Waals surface area contributed by atoms with Crippen molar-refractivity contribution in [2.24, 2.45) is 0 Å². The number of rotatable bonds is 8. The summed E-state index contributed by atoms with van der Waals surface area (Å²) in [5, 5.41) is 7.85. The second-order valence-corrected chi connectivity index (χ2v) is 4.89. The molecule has 1 aromatic heterocycles. The summed E-state index contributed by atoms with van der Waals surface area (Å²) in [6.07, 6.45) is 5.49. The van der Waals surface area contributed by atoms with Crippen LogP contribution in [-0.2, 0) is 0 Å². The van der Waals surface area contributed by atoms with E-state index in [1.165, 1.54) is 19.3 Å². The molecule has 0 N–H and O–H groups in total. The summed E-state index contributed by atoms with van der Waals surface area (Å²) in [4.78, 5) is 10.5. The molecule has 0 unspecified atom stereocenters. The predicted molar refractivity (Wildman–Crippen MR) is 82.5 cm³/mol. The summed E-state index contributed by atoms with van der Waals surface area (Å²) in [6, 6.07) is 11.2. The minimum absolute atomic E-state index is 0.339. The van der Waals surface area contributed by atoms with E-state index in [-0.39, 0.29) is 0 Å². The monoisotopic (exact) mass is 284 g/mol. The molecule has 0 fully saturated rings. The van der Waals surface area contributed by atoms with E-state index in [9.17, 15) is 4.79 Å². The molecule has 0 aliphatic heterocycles. The molecular weight excluding hydrogens is 264 g/mol. The van der Waals surface area contributed by atoms with Gasteiger partial charge in [-0.1, -0.05) is 26.2 Å². The summed E-state index contributed by atoms with van der Waals surface area (Å²) < 4.78 is 5.70. The first kappa shape index (κ1) is 15.2. The van der Waals surface area contributed by atoms with E-state index in [2.05, 4.69) is 17.1 Å². The molecule has 0 aliphatic rings. The fourth-order valence-corrected chi connectivity index (χ4v) is 2.00. The van der Waals surface area contributed by atoms with Crippen molar-refractivity contribution in [2.75, 3.05) is 6.61 Å². The lowest BCUT2D eigenvalue weighted by atomic mass is 10.1. The van der Waals surface area contributed by atoms with Crippen molar-refractivity contribution in [3.05, 3.63) is 42.1 Å². The average molecular weight is 284 g/mol. The van der Waals surface area contributed by atoms with E-state index in [4.69, 9.17) is 4.74 Å². The molecule has 0 amide bonds. The number of hydrogen-bond donors (Lipinski definition) is 0. The average Bonchev–Trinajstić information content (AvgIpc) is 2.55. The lowest BCUT2D eigenvalue weighted by Crippen LogP contribution is -1.97. The number of carbonyl (C=O) groups is 1. The molecule has 21 heavy (non-hydrogen) atoms. The largest absolute Gasteiger partial charge is 0.494 e. The van der Waals surface area contributed by atoms with Crippen molar-refractivity contribution in [2.45, 2.75) is 32.6 Å². The first-order valence-corrected chi connectivity index (χ1v) is 7.35. The van der Waals surface area contributed by atoms with Crippen molar-refractivity contribution in [1.82, 2.24) is 10.2 Å². The van der Waals surface area contributed by atoms with Gasteiger partial charge in [-0.25, -0.2) is 0 Å². The van der Waals surface area contributed by atoms with E-state index in [0.717, 1.165) is 30.0 Å². The molecule has 110 valence electrons. The maximum absolute atomic E-state index is 10.5. The van der Waals surface area contributed by atoms with Crippen molar-refractivity contribution in [1.29, 1.82) is 0 Å². The zero-order valence-corrected chi connectivity index (χ0v) is 12.3. The third-order valence-electron chi connectivity index (χ3n) is 3.22. The first-order chi connectivity index (χ1) is 10.3. The minimum Gasteiger partial charge on any atom is -0.494 e. The number of carbonyl (C=O) groups excluding carboxylic acids is 1. The van der Waals surface area contributed by atoms with Gasteiger partial charge in [0, 0.05) is 5.56 Å². The van der Waals surface area contributed by atoms with E-state index in [1.54, 1.807) is 12.1 Å². The molecule has 1 heterocycles. The summed E-state index contributed by atoms with van der Waals surface area (Å²) in [7, 11) is 0. The maximum Gasteiger partial charge on any atom is 0.170 e. The molecular formula is C17H20N2O2. The smallest absolute Gasteiger partial charge is 0.170 e. The van der Waals surface area contributed by atoms with Crippen LogP contribution in [0.5, 0.6) is 5.75 Å². The van der Waals surface area contributed by atoms with Crippen LogP contribution >= 0.6 is 0 Å². The Hall–Kier alpha value is -2.23. The number of hydrogen-bond acceptors (Lipinski definition) is 4. The standard InChI is InChI=1S/C17H20N2O2/c1-2-3-4-5-12-21-16-9-6-14(7-10-16)17-11-8-15(13-20)18-19-17/h6-11,13H,2-5,12H2,1H3. The molecule has 4 nitrogen and oxygen atoms in total. The molecule has 0 aliphatic carbocycles. The van der Waals surface area contributed by atoms with E-state index >= 15 is 0 Å². The van der Waals surface area contributed by atoms with Gasteiger partial charge in [0.1, 0.15) is 11.4 Å². The highest BCUT2D eigenvalue weighted by atomic mass is 16.5. The number of aromatic nitrogens is 2. The molecule has 0 atom stereocenters. The van der Waals surface area contributed by atoms with Crippen LogP contribution in [0.2, 0.25) is 0 Å². The molecule has 0 radical (unpaired) electrons. The third-order valence-corrected chi connectivity index (χ3v) is 3.22. The normalized spacial score (nSPS) is 10.3. The van der Waals surface area contributed by atoms with Crippen molar-refractivity contribution >= 4 is 6.29 Å². The fourth-order valence-electron chi connectivity index (χ4n) is 2.00. The summed E-state index contributed by atoms with van der Waals surface area (Å²) in [5.41, 5.74) is 2.04. The zero-order valence-electron chi connectivity index (χ0n) is 12.3. The number of nitrogens with zero attached hydrogens (tertiary/aromatic N) is 2. The van der Waals surface area contributed by atoms with Gasteiger partial charge >= 0.3 is 0 Å².